The quantitative estimate of drug-likeness (QED) is 0.238. The maximum atomic E-state index is 14.3. The van der Waals surface area contributed by atoms with Gasteiger partial charge in [0.05, 0.1) is 0 Å². The van der Waals surface area contributed by atoms with Crippen molar-refractivity contribution in [2.75, 3.05) is 11.9 Å². The van der Waals surface area contributed by atoms with Gasteiger partial charge < -0.3 is 25.4 Å². The minimum Gasteiger partial charge on any atom is -0.508 e. The number of phenols is 1. The normalized spacial score (nSPS) is 13.6. The molecule has 220 valence electrons. The molecule has 2 aromatic carbocycles. The number of carbonyl (C=O) groups is 3. The summed E-state index contributed by atoms with van der Waals surface area (Å²) in [6.07, 6.45) is 3.59. The Hall–Kier alpha value is -3.55. The van der Waals surface area contributed by atoms with Crippen molar-refractivity contribution in [1.82, 2.24) is 10.2 Å². The Morgan fingerprint density at radius 1 is 0.975 bits per heavy atom. The molecule has 8 nitrogen and oxygen atoms in total. The highest BCUT2D eigenvalue weighted by molar-refractivity contribution is 5.99. The number of nitrogens with one attached hydrogen (secondary N) is 2. The van der Waals surface area contributed by atoms with E-state index in [9.17, 15) is 19.5 Å². The van der Waals surface area contributed by atoms with Crippen LogP contribution in [0.15, 0.2) is 48.5 Å². The average molecular weight is 554 g/mol. The lowest BCUT2D eigenvalue weighted by Gasteiger charge is -2.36. The monoisotopic (exact) mass is 553 g/mol. The molecule has 3 N–H and O–H groups in total. The standard InChI is InChI=1S/C32H47N3O5/c1-8-10-11-14-21-35(30(38)27(22(3)9-2)34-31(39)40-32(5,6)7)28(24-17-19-25(36)20-18-24)29(37)33-26-16-13-12-15-23(26)4/h12-13,15-20,22,27-28,36H,8-11,14,21H2,1-7H3,(H,33,37)(H,34,39). The number of nitrogens with zero attached hydrogens (tertiary/aromatic N) is 1. The predicted molar refractivity (Wildman–Crippen MR) is 159 cm³/mol. The fraction of sp³-hybridized carbons (Fsp3) is 0.531. The van der Waals surface area contributed by atoms with Gasteiger partial charge in [0, 0.05) is 12.2 Å². The summed E-state index contributed by atoms with van der Waals surface area (Å²) in [5.41, 5.74) is 1.38. The molecule has 0 spiro atoms. The van der Waals surface area contributed by atoms with Crippen LogP contribution >= 0.6 is 0 Å². The van der Waals surface area contributed by atoms with Crippen LogP contribution in [-0.4, -0.2) is 46.1 Å². The van der Waals surface area contributed by atoms with E-state index in [1.807, 2.05) is 45.0 Å². The van der Waals surface area contributed by atoms with E-state index in [1.54, 1.807) is 37.8 Å². The van der Waals surface area contributed by atoms with Gasteiger partial charge in [-0.05, 0) is 69.4 Å². The molecule has 8 heteroatoms. The van der Waals surface area contributed by atoms with E-state index in [1.165, 1.54) is 12.1 Å². The van der Waals surface area contributed by atoms with E-state index in [0.717, 1.165) is 24.8 Å². The lowest BCUT2D eigenvalue weighted by atomic mass is 9.95. The third kappa shape index (κ3) is 9.88. The third-order valence-electron chi connectivity index (χ3n) is 6.86. The fourth-order valence-corrected chi connectivity index (χ4v) is 4.42. The molecule has 3 amide bonds. The molecule has 0 aliphatic heterocycles. The number of alkyl carbamates (subject to hydrolysis) is 1. The van der Waals surface area contributed by atoms with Gasteiger partial charge in [0.1, 0.15) is 23.4 Å². The molecule has 0 saturated heterocycles. The number of aromatic hydroxyl groups is 1. The van der Waals surface area contributed by atoms with Gasteiger partial charge in [0.2, 0.25) is 5.91 Å². The highest BCUT2D eigenvalue weighted by Crippen LogP contribution is 2.28. The van der Waals surface area contributed by atoms with Crippen LogP contribution in [0.2, 0.25) is 0 Å². The van der Waals surface area contributed by atoms with Crippen molar-refractivity contribution in [3.8, 4) is 5.75 Å². The van der Waals surface area contributed by atoms with Crippen molar-refractivity contribution >= 4 is 23.6 Å². The summed E-state index contributed by atoms with van der Waals surface area (Å²) in [5.74, 6) is -0.872. The molecule has 0 radical (unpaired) electrons. The van der Waals surface area contributed by atoms with Crippen LogP contribution in [0.1, 0.15) is 90.8 Å². The first-order valence-corrected chi connectivity index (χ1v) is 14.3. The van der Waals surface area contributed by atoms with Crippen molar-refractivity contribution in [3.05, 3.63) is 59.7 Å². The number of hydrogen-bond acceptors (Lipinski definition) is 5. The molecule has 0 fully saturated rings. The summed E-state index contributed by atoms with van der Waals surface area (Å²) in [7, 11) is 0. The minimum atomic E-state index is -0.985. The highest BCUT2D eigenvalue weighted by Gasteiger charge is 2.38. The number of hydrogen-bond donors (Lipinski definition) is 3. The molecule has 0 bridgehead atoms. The van der Waals surface area contributed by atoms with Gasteiger partial charge in [-0.25, -0.2) is 4.79 Å². The number of rotatable bonds is 13. The van der Waals surface area contributed by atoms with Crippen molar-refractivity contribution in [1.29, 1.82) is 0 Å². The summed E-state index contributed by atoms with van der Waals surface area (Å²) in [6.45, 7) is 13.5. The number of benzene rings is 2. The first-order chi connectivity index (χ1) is 18.9. The van der Waals surface area contributed by atoms with Gasteiger partial charge in [0.15, 0.2) is 0 Å². The first-order valence-electron chi connectivity index (χ1n) is 14.3. The number of carbonyl (C=O) groups excluding carboxylic acids is 3. The SMILES string of the molecule is CCCCCCN(C(=O)C(NC(=O)OC(C)(C)C)C(C)CC)C(C(=O)Nc1ccccc1C)c1ccc(O)cc1. The molecule has 0 aliphatic rings. The molecule has 2 aromatic rings. The largest absolute Gasteiger partial charge is 0.508 e. The molecule has 3 unspecified atom stereocenters. The maximum absolute atomic E-state index is 14.3. The summed E-state index contributed by atoms with van der Waals surface area (Å²) in [5, 5.41) is 15.7. The van der Waals surface area contributed by atoms with Crippen LogP contribution in [0.5, 0.6) is 5.75 Å². The summed E-state index contributed by atoms with van der Waals surface area (Å²) in [6, 6.07) is 11.9. The first kappa shape index (κ1) is 32.7. The topological polar surface area (TPSA) is 108 Å². The molecular formula is C32H47N3O5. The second kappa shape index (κ2) is 15.3. The molecule has 0 heterocycles. The Kier molecular flexibility index (Phi) is 12.5. The van der Waals surface area contributed by atoms with Crippen LogP contribution in [0.25, 0.3) is 0 Å². The second-order valence-electron chi connectivity index (χ2n) is 11.4. The number of phenolic OH excluding ortho intramolecular Hbond substituents is 1. The zero-order valence-corrected chi connectivity index (χ0v) is 25.1. The Morgan fingerprint density at radius 2 is 1.62 bits per heavy atom. The average Bonchev–Trinajstić information content (AvgIpc) is 2.89. The number of anilines is 1. The van der Waals surface area contributed by atoms with Gasteiger partial charge in [-0.1, -0.05) is 76.8 Å². The number of aryl methyl sites for hydroxylation is 1. The highest BCUT2D eigenvalue weighted by atomic mass is 16.6. The maximum Gasteiger partial charge on any atom is 0.408 e. The fourth-order valence-electron chi connectivity index (χ4n) is 4.42. The molecule has 0 saturated carbocycles. The Balaban J connectivity index is 2.55. The Labute approximate surface area is 239 Å². The van der Waals surface area contributed by atoms with Crippen LogP contribution in [-0.2, 0) is 14.3 Å². The van der Waals surface area contributed by atoms with Crippen LogP contribution in [0, 0.1) is 12.8 Å². The summed E-state index contributed by atoms with van der Waals surface area (Å²) >= 11 is 0. The van der Waals surface area contributed by atoms with Crippen molar-refractivity contribution in [2.45, 2.75) is 98.3 Å². The molecular weight excluding hydrogens is 506 g/mol. The van der Waals surface area contributed by atoms with E-state index in [4.69, 9.17) is 4.74 Å². The molecule has 40 heavy (non-hydrogen) atoms. The molecule has 0 aromatic heterocycles. The van der Waals surface area contributed by atoms with Gasteiger partial charge in [0.25, 0.3) is 5.91 Å². The van der Waals surface area contributed by atoms with E-state index in [-0.39, 0.29) is 23.5 Å². The van der Waals surface area contributed by atoms with E-state index < -0.39 is 23.8 Å². The van der Waals surface area contributed by atoms with E-state index >= 15 is 0 Å². The van der Waals surface area contributed by atoms with Crippen molar-refractivity contribution < 1.29 is 24.2 Å². The van der Waals surface area contributed by atoms with Gasteiger partial charge in [-0.3, -0.25) is 9.59 Å². The van der Waals surface area contributed by atoms with Crippen LogP contribution in [0.4, 0.5) is 10.5 Å². The lowest BCUT2D eigenvalue weighted by molar-refractivity contribution is -0.142. The molecule has 3 atom stereocenters. The van der Waals surface area contributed by atoms with Gasteiger partial charge in [-0.2, -0.15) is 0 Å². The number of ether oxygens (including phenoxy) is 1. The minimum absolute atomic E-state index is 0.0618. The zero-order chi connectivity index (χ0) is 29.9. The summed E-state index contributed by atoms with van der Waals surface area (Å²) in [4.78, 5) is 42.7. The summed E-state index contributed by atoms with van der Waals surface area (Å²) < 4.78 is 5.48. The van der Waals surface area contributed by atoms with Gasteiger partial charge >= 0.3 is 6.09 Å². The second-order valence-corrected chi connectivity index (χ2v) is 11.4. The van der Waals surface area contributed by atoms with Crippen molar-refractivity contribution in [3.63, 3.8) is 0 Å². The molecule has 2 rings (SSSR count). The number of unbranched alkanes of at least 4 members (excludes halogenated alkanes) is 3. The molecule has 0 aliphatic carbocycles. The Bertz CT molecular complexity index is 1110. The lowest BCUT2D eigenvalue weighted by Crippen LogP contribution is -2.55. The third-order valence-corrected chi connectivity index (χ3v) is 6.86. The number of para-hydroxylation sites is 1. The van der Waals surface area contributed by atoms with E-state index in [0.29, 0.717) is 30.6 Å². The van der Waals surface area contributed by atoms with Gasteiger partial charge in [-0.15, -0.1) is 0 Å². The Morgan fingerprint density at radius 3 is 2.20 bits per heavy atom. The zero-order valence-electron chi connectivity index (χ0n) is 25.1. The van der Waals surface area contributed by atoms with Crippen LogP contribution in [0.3, 0.4) is 0 Å². The smallest absolute Gasteiger partial charge is 0.408 e. The van der Waals surface area contributed by atoms with E-state index in [2.05, 4.69) is 17.6 Å². The van der Waals surface area contributed by atoms with Crippen molar-refractivity contribution in [2.24, 2.45) is 5.92 Å². The predicted octanol–water partition coefficient (Wildman–Crippen LogP) is 6.73. The van der Waals surface area contributed by atoms with Crippen LogP contribution < -0.4 is 10.6 Å². The number of amides is 3.